The van der Waals surface area contributed by atoms with Crippen molar-refractivity contribution in [2.24, 2.45) is 0 Å². The molecule has 0 spiro atoms. The molecule has 1 saturated heterocycles. The average molecular weight is 426 g/mol. The van der Waals surface area contributed by atoms with Crippen molar-refractivity contribution in [3.63, 3.8) is 0 Å². The molecule has 0 bridgehead atoms. The van der Waals surface area contributed by atoms with Crippen LogP contribution in [0.4, 0.5) is 0 Å². The van der Waals surface area contributed by atoms with Crippen molar-refractivity contribution in [3.05, 3.63) is 42.0 Å². The second kappa shape index (κ2) is 8.79. The standard InChI is InChI=1S/C21H35NO4SSi/c1-17-11-13-18(14-12-17)27(24,25)22-15-7-10-20(19(22)9-8-16-23)26-28(5,6)21(2,3)4/h8-9,11-14,19-20,23H,7,10,15-16H2,1-6H3/b9-8-/t19-,20+/m0/s1. The van der Waals surface area contributed by atoms with E-state index in [9.17, 15) is 13.5 Å². The quantitative estimate of drug-likeness (QED) is 0.551. The summed E-state index contributed by atoms with van der Waals surface area (Å²) in [6, 6.07) is 6.55. The summed E-state index contributed by atoms with van der Waals surface area (Å²) in [6.07, 6.45) is 4.77. The maximum Gasteiger partial charge on any atom is 0.243 e. The highest BCUT2D eigenvalue weighted by atomic mass is 32.2. The van der Waals surface area contributed by atoms with Crippen LogP contribution in [-0.2, 0) is 14.4 Å². The van der Waals surface area contributed by atoms with E-state index >= 15 is 0 Å². The van der Waals surface area contributed by atoms with Gasteiger partial charge in [0.1, 0.15) is 0 Å². The van der Waals surface area contributed by atoms with Crippen LogP contribution in [0.15, 0.2) is 41.3 Å². The number of rotatable bonds is 6. The van der Waals surface area contributed by atoms with E-state index in [4.69, 9.17) is 4.43 Å². The minimum atomic E-state index is -3.65. The Labute approximate surface area is 171 Å². The molecule has 0 aromatic heterocycles. The third-order valence-electron chi connectivity index (χ3n) is 5.90. The van der Waals surface area contributed by atoms with Crippen LogP contribution in [0.25, 0.3) is 0 Å². The van der Waals surface area contributed by atoms with Gasteiger partial charge in [0, 0.05) is 6.54 Å². The van der Waals surface area contributed by atoms with Crippen LogP contribution in [0.5, 0.6) is 0 Å². The highest BCUT2D eigenvalue weighted by Gasteiger charge is 2.44. The Morgan fingerprint density at radius 2 is 1.86 bits per heavy atom. The summed E-state index contributed by atoms with van der Waals surface area (Å²) in [5, 5.41) is 9.33. The Kier molecular flexibility index (Phi) is 7.31. The number of benzene rings is 1. The highest BCUT2D eigenvalue weighted by Crippen LogP contribution is 2.40. The fourth-order valence-corrected chi connectivity index (χ4v) is 6.20. The van der Waals surface area contributed by atoms with Crippen LogP contribution < -0.4 is 0 Å². The molecule has 1 aliphatic rings. The largest absolute Gasteiger partial charge is 0.412 e. The van der Waals surface area contributed by atoms with E-state index in [1.165, 1.54) is 0 Å². The number of aryl methyl sites for hydroxylation is 1. The number of sulfonamides is 1. The zero-order valence-electron chi connectivity index (χ0n) is 18.0. The van der Waals surface area contributed by atoms with Crippen LogP contribution in [0.1, 0.15) is 39.2 Å². The molecule has 1 aromatic rings. The zero-order chi connectivity index (χ0) is 21.2. The summed E-state index contributed by atoms with van der Waals surface area (Å²) in [7, 11) is -5.71. The maximum atomic E-state index is 13.4. The Morgan fingerprint density at radius 3 is 2.39 bits per heavy atom. The minimum absolute atomic E-state index is 0.0380. The van der Waals surface area contributed by atoms with E-state index in [2.05, 4.69) is 33.9 Å². The summed E-state index contributed by atoms with van der Waals surface area (Å²) in [5.41, 5.74) is 1.02. The number of piperidine rings is 1. The molecule has 5 nitrogen and oxygen atoms in total. The van der Waals surface area contributed by atoms with Crippen molar-refractivity contribution >= 4 is 18.3 Å². The molecule has 1 aromatic carbocycles. The van der Waals surface area contributed by atoms with Gasteiger partial charge < -0.3 is 9.53 Å². The van der Waals surface area contributed by atoms with Gasteiger partial charge in [-0.2, -0.15) is 4.31 Å². The van der Waals surface area contributed by atoms with Crippen molar-refractivity contribution in [1.82, 2.24) is 4.31 Å². The molecule has 2 rings (SSSR count). The molecule has 0 saturated carbocycles. The number of hydrogen-bond acceptors (Lipinski definition) is 4. The van der Waals surface area contributed by atoms with E-state index in [0.717, 1.165) is 18.4 Å². The first-order valence-electron chi connectivity index (χ1n) is 9.94. The van der Waals surface area contributed by atoms with Crippen molar-refractivity contribution in [1.29, 1.82) is 0 Å². The van der Waals surface area contributed by atoms with Gasteiger partial charge in [0.25, 0.3) is 0 Å². The lowest BCUT2D eigenvalue weighted by molar-refractivity contribution is 0.0823. The SMILES string of the molecule is Cc1ccc(S(=O)(=O)N2CCC[C@@H](O[Si](C)(C)C(C)(C)C)[C@@H]2/C=C\CO)cc1. The van der Waals surface area contributed by atoms with Gasteiger partial charge in [0.2, 0.25) is 10.0 Å². The molecule has 1 heterocycles. The van der Waals surface area contributed by atoms with Gasteiger partial charge >= 0.3 is 0 Å². The Hall–Kier alpha value is -0.993. The lowest BCUT2D eigenvalue weighted by Gasteiger charge is -2.45. The molecule has 2 atom stereocenters. The van der Waals surface area contributed by atoms with Gasteiger partial charge in [-0.15, -0.1) is 0 Å². The summed E-state index contributed by atoms with van der Waals surface area (Å²) >= 11 is 0. The third-order valence-corrected chi connectivity index (χ3v) is 12.3. The Bertz CT molecular complexity index is 782. The summed E-state index contributed by atoms with van der Waals surface area (Å²) in [5.74, 6) is 0. The van der Waals surface area contributed by atoms with Crippen LogP contribution in [-0.4, -0.2) is 51.4 Å². The molecular formula is C21H35NO4SSi. The number of hydrogen-bond donors (Lipinski definition) is 1. The third kappa shape index (κ3) is 5.13. The predicted octanol–water partition coefficient (Wildman–Crippen LogP) is 4.09. The average Bonchev–Trinajstić information content (AvgIpc) is 2.59. The first-order valence-corrected chi connectivity index (χ1v) is 14.3. The highest BCUT2D eigenvalue weighted by molar-refractivity contribution is 7.89. The molecule has 1 fully saturated rings. The summed E-state index contributed by atoms with van der Waals surface area (Å²) < 4.78 is 34.9. The molecule has 0 radical (unpaired) electrons. The molecule has 158 valence electrons. The van der Waals surface area contributed by atoms with Gasteiger partial charge in [-0.1, -0.05) is 50.6 Å². The lowest BCUT2D eigenvalue weighted by atomic mass is 10.0. The maximum absolute atomic E-state index is 13.4. The van der Waals surface area contributed by atoms with Crippen LogP contribution in [0.3, 0.4) is 0 Å². The molecule has 0 unspecified atom stereocenters. The normalized spacial score (nSPS) is 22.7. The van der Waals surface area contributed by atoms with E-state index < -0.39 is 24.4 Å². The van der Waals surface area contributed by atoms with Crippen molar-refractivity contribution in [2.75, 3.05) is 13.2 Å². The topological polar surface area (TPSA) is 66.8 Å². The summed E-state index contributed by atoms with van der Waals surface area (Å²) in [6.45, 7) is 13.2. The van der Waals surface area contributed by atoms with Gasteiger partial charge in [0.05, 0.1) is 23.6 Å². The molecule has 1 N–H and O–H groups in total. The molecule has 28 heavy (non-hydrogen) atoms. The first kappa shape index (κ1) is 23.3. The van der Waals surface area contributed by atoms with Gasteiger partial charge in [-0.25, -0.2) is 8.42 Å². The van der Waals surface area contributed by atoms with Crippen LogP contribution in [0, 0.1) is 6.92 Å². The summed E-state index contributed by atoms with van der Waals surface area (Å²) in [4.78, 5) is 0.300. The molecular weight excluding hydrogens is 390 g/mol. The van der Waals surface area contributed by atoms with Crippen molar-refractivity contribution in [3.8, 4) is 0 Å². The molecule has 1 aliphatic heterocycles. The lowest BCUT2D eigenvalue weighted by Crippen LogP contribution is -2.55. The van der Waals surface area contributed by atoms with E-state index in [1.54, 1.807) is 28.6 Å². The zero-order valence-corrected chi connectivity index (χ0v) is 19.8. The number of nitrogens with zero attached hydrogens (tertiary/aromatic N) is 1. The smallest absolute Gasteiger partial charge is 0.243 e. The van der Waals surface area contributed by atoms with Gasteiger partial charge in [-0.05, 0) is 50.0 Å². The van der Waals surface area contributed by atoms with Crippen LogP contribution >= 0.6 is 0 Å². The number of aliphatic hydroxyl groups is 1. The molecule has 0 amide bonds. The van der Waals surface area contributed by atoms with Crippen molar-refractivity contribution < 1.29 is 18.0 Å². The van der Waals surface area contributed by atoms with E-state index in [0.29, 0.717) is 11.4 Å². The second-order valence-corrected chi connectivity index (χ2v) is 15.7. The minimum Gasteiger partial charge on any atom is -0.412 e. The fourth-order valence-electron chi connectivity index (χ4n) is 3.18. The Morgan fingerprint density at radius 1 is 1.25 bits per heavy atom. The number of aliphatic hydroxyl groups excluding tert-OH is 1. The first-order chi connectivity index (χ1) is 12.9. The van der Waals surface area contributed by atoms with E-state index in [1.807, 2.05) is 19.1 Å². The van der Waals surface area contributed by atoms with E-state index in [-0.39, 0.29) is 17.7 Å². The van der Waals surface area contributed by atoms with Crippen molar-refractivity contribution in [2.45, 2.75) is 75.7 Å². The van der Waals surface area contributed by atoms with Gasteiger partial charge in [-0.3, -0.25) is 0 Å². The predicted molar refractivity (Wildman–Crippen MR) is 116 cm³/mol. The van der Waals surface area contributed by atoms with Gasteiger partial charge in [0.15, 0.2) is 8.32 Å². The molecule has 7 heteroatoms. The monoisotopic (exact) mass is 425 g/mol. The second-order valence-electron chi connectivity index (χ2n) is 9.09. The molecule has 0 aliphatic carbocycles. The Balaban J connectivity index is 2.40. The fraction of sp³-hybridized carbons (Fsp3) is 0.619. The van der Waals surface area contributed by atoms with Crippen LogP contribution in [0.2, 0.25) is 18.1 Å².